The average Bonchev–Trinajstić information content (AvgIpc) is 2.48. The van der Waals surface area contributed by atoms with Crippen molar-refractivity contribution in [2.75, 3.05) is 32.7 Å². The SMILES string of the molecule is CC(C)(Oc1cccc(C#N)c1)C(O)CN1CCNCC1. The van der Waals surface area contributed by atoms with Crippen LogP contribution in [0.4, 0.5) is 0 Å². The quantitative estimate of drug-likeness (QED) is 0.846. The van der Waals surface area contributed by atoms with Gasteiger partial charge in [0.15, 0.2) is 0 Å². The molecule has 0 aromatic heterocycles. The predicted octanol–water partition coefficient (Wildman–Crippen LogP) is 0.982. The number of nitrogens with one attached hydrogen (secondary N) is 1. The van der Waals surface area contributed by atoms with Crippen LogP contribution in [0.3, 0.4) is 0 Å². The molecule has 114 valence electrons. The summed E-state index contributed by atoms with van der Waals surface area (Å²) in [4.78, 5) is 2.23. The van der Waals surface area contributed by atoms with Gasteiger partial charge in [0.25, 0.3) is 0 Å². The summed E-state index contributed by atoms with van der Waals surface area (Å²) in [6.45, 7) is 8.13. The zero-order chi connectivity index (χ0) is 15.3. The second-order valence-corrected chi connectivity index (χ2v) is 5.91. The largest absolute Gasteiger partial charge is 0.485 e. The molecule has 1 aromatic rings. The lowest BCUT2D eigenvalue weighted by Crippen LogP contribution is -2.52. The van der Waals surface area contributed by atoms with E-state index in [1.807, 2.05) is 13.8 Å². The number of hydrogen-bond acceptors (Lipinski definition) is 5. The lowest BCUT2D eigenvalue weighted by Gasteiger charge is -2.36. The number of hydrogen-bond donors (Lipinski definition) is 2. The molecule has 1 heterocycles. The number of aliphatic hydroxyl groups excluding tert-OH is 1. The van der Waals surface area contributed by atoms with Crippen molar-refractivity contribution in [3.8, 4) is 11.8 Å². The van der Waals surface area contributed by atoms with Crippen LogP contribution in [-0.4, -0.2) is 54.4 Å². The first-order valence-electron chi connectivity index (χ1n) is 7.31. The number of nitriles is 1. The number of aliphatic hydroxyl groups is 1. The number of rotatable bonds is 5. The van der Waals surface area contributed by atoms with Gasteiger partial charge >= 0.3 is 0 Å². The lowest BCUT2D eigenvalue weighted by molar-refractivity contribution is -0.0456. The van der Waals surface area contributed by atoms with Crippen molar-refractivity contribution in [1.29, 1.82) is 5.26 Å². The third kappa shape index (κ3) is 4.43. The standard InChI is InChI=1S/C16H23N3O2/c1-16(2,15(20)12-19-8-6-18-7-9-19)21-14-5-3-4-13(10-14)11-17/h3-5,10,15,18,20H,6-9,12H2,1-2H3. The minimum Gasteiger partial charge on any atom is -0.485 e. The Morgan fingerprint density at radius 2 is 2.14 bits per heavy atom. The molecule has 0 spiro atoms. The molecule has 21 heavy (non-hydrogen) atoms. The van der Waals surface area contributed by atoms with Gasteiger partial charge in [0.1, 0.15) is 17.5 Å². The van der Waals surface area contributed by atoms with Crippen LogP contribution in [0.25, 0.3) is 0 Å². The lowest BCUT2D eigenvalue weighted by atomic mass is 10.0. The molecule has 1 aliphatic rings. The fourth-order valence-electron chi connectivity index (χ4n) is 2.36. The van der Waals surface area contributed by atoms with Crippen LogP contribution in [0.2, 0.25) is 0 Å². The third-order valence-corrected chi connectivity index (χ3v) is 3.79. The summed E-state index contributed by atoms with van der Waals surface area (Å²) in [6.07, 6.45) is -0.596. The van der Waals surface area contributed by atoms with Gasteiger partial charge in [-0.15, -0.1) is 0 Å². The summed E-state index contributed by atoms with van der Waals surface area (Å²) in [5, 5.41) is 22.7. The molecule has 1 aromatic carbocycles. The number of benzene rings is 1. The highest BCUT2D eigenvalue weighted by Gasteiger charge is 2.31. The maximum atomic E-state index is 10.5. The molecule has 5 heteroatoms. The van der Waals surface area contributed by atoms with Crippen LogP contribution in [0.1, 0.15) is 19.4 Å². The van der Waals surface area contributed by atoms with E-state index in [0.29, 0.717) is 17.9 Å². The minimum absolute atomic E-state index is 0.555. The Morgan fingerprint density at radius 3 is 2.81 bits per heavy atom. The van der Waals surface area contributed by atoms with E-state index in [-0.39, 0.29) is 0 Å². The molecule has 1 unspecified atom stereocenters. The van der Waals surface area contributed by atoms with Crippen molar-refractivity contribution >= 4 is 0 Å². The van der Waals surface area contributed by atoms with E-state index in [4.69, 9.17) is 10.00 Å². The Labute approximate surface area is 126 Å². The highest BCUT2D eigenvalue weighted by atomic mass is 16.5. The third-order valence-electron chi connectivity index (χ3n) is 3.79. The first kappa shape index (κ1) is 15.8. The van der Waals surface area contributed by atoms with Gasteiger partial charge in [-0.25, -0.2) is 0 Å². The van der Waals surface area contributed by atoms with E-state index in [9.17, 15) is 5.11 Å². The zero-order valence-corrected chi connectivity index (χ0v) is 12.7. The van der Waals surface area contributed by atoms with E-state index in [0.717, 1.165) is 26.2 Å². The zero-order valence-electron chi connectivity index (χ0n) is 12.7. The van der Waals surface area contributed by atoms with Gasteiger partial charge in [-0.05, 0) is 32.0 Å². The van der Waals surface area contributed by atoms with Gasteiger partial charge < -0.3 is 15.2 Å². The highest BCUT2D eigenvalue weighted by Crippen LogP contribution is 2.22. The monoisotopic (exact) mass is 289 g/mol. The average molecular weight is 289 g/mol. The van der Waals surface area contributed by atoms with E-state index in [1.165, 1.54) is 0 Å². The number of nitrogens with zero attached hydrogens (tertiary/aromatic N) is 2. The fraction of sp³-hybridized carbons (Fsp3) is 0.562. The summed E-state index contributed by atoms with van der Waals surface area (Å²) in [5.74, 6) is 0.610. The summed E-state index contributed by atoms with van der Waals surface area (Å²) in [5.41, 5.74) is -0.154. The molecule has 2 N–H and O–H groups in total. The van der Waals surface area contributed by atoms with Gasteiger partial charge in [-0.2, -0.15) is 5.26 Å². The van der Waals surface area contributed by atoms with Crippen molar-refractivity contribution in [1.82, 2.24) is 10.2 Å². The minimum atomic E-state index is -0.709. The Morgan fingerprint density at radius 1 is 1.43 bits per heavy atom. The highest BCUT2D eigenvalue weighted by molar-refractivity contribution is 5.36. The smallest absolute Gasteiger partial charge is 0.130 e. The number of β-amino-alcohol motifs (C(OH)–C–C–N with tert-alkyl or cyclic N) is 1. The second kappa shape index (κ2) is 6.90. The molecule has 2 rings (SSSR count). The molecule has 0 aliphatic carbocycles. The predicted molar refractivity (Wildman–Crippen MR) is 81.2 cm³/mol. The first-order valence-corrected chi connectivity index (χ1v) is 7.31. The first-order chi connectivity index (χ1) is 10.0. The van der Waals surface area contributed by atoms with Crippen molar-refractivity contribution in [3.63, 3.8) is 0 Å². The Bertz CT molecular complexity index is 504. The van der Waals surface area contributed by atoms with Crippen LogP contribution >= 0.6 is 0 Å². The van der Waals surface area contributed by atoms with Gasteiger partial charge in [0.05, 0.1) is 11.6 Å². The van der Waals surface area contributed by atoms with Crippen molar-refractivity contribution in [3.05, 3.63) is 29.8 Å². The maximum Gasteiger partial charge on any atom is 0.130 e. The Kier molecular flexibility index (Phi) is 5.18. The molecule has 1 saturated heterocycles. The molecular formula is C16H23N3O2. The molecule has 1 aliphatic heterocycles. The van der Waals surface area contributed by atoms with E-state index in [1.54, 1.807) is 24.3 Å². The number of ether oxygens (including phenoxy) is 1. The van der Waals surface area contributed by atoms with Crippen LogP contribution in [0.15, 0.2) is 24.3 Å². The van der Waals surface area contributed by atoms with Crippen LogP contribution in [-0.2, 0) is 0 Å². The molecule has 0 amide bonds. The van der Waals surface area contributed by atoms with Gasteiger partial charge in [-0.1, -0.05) is 6.07 Å². The molecule has 5 nitrogen and oxygen atoms in total. The van der Waals surface area contributed by atoms with Gasteiger partial charge in [-0.3, -0.25) is 4.90 Å². The topological polar surface area (TPSA) is 68.5 Å². The summed E-state index contributed by atoms with van der Waals surface area (Å²) >= 11 is 0. The Hall–Kier alpha value is -1.61. The van der Waals surface area contributed by atoms with Crippen molar-refractivity contribution < 1.29 is 9.84 Å². The van der Waals surface area contributed by atoms with Crippen LogP contribution in [0.5, 0.6) is 5.75 Å². The second-order valence-electron chi connectivity index (χ2n) is 5.91. The van der Waals surface area contributed by atoms with Gasteiger partial charge in [0, 0.05) is 32.7 Å². The molecule has 0 bridgehead atoms. The normalized spacial score (nSPS) is 18.0. The van der Waals surface area contributed by atoms with Crippen molar-refractivity contribution in [2.45, 2.75) is 25.6 Å². The van der Waals surface area contributed by atoms with Crippen LogP contribution in [0, 0.1) is 11.3 Å². The van der Waals surface area contributed by atoms with Crippen LogP contribution < -0.4 is 10.1 Å². The summed E-state index contributed by atoms with van der Waals surface area (Å²) in [6, 6.07) is 9.11. The van der Waals surface area contributed by atoms with Gasteiger partial charge in [0.2, 0.25) is 0 Å². The van der Waals surface area contributed by atoms with E-state index < -0.39 is 11.7 Å². The molecular weight excluding hydrogens is 266 g/mol. The molecule has 1 atom stereocenters. The number of piperazine rings is 1. The summed E-state index contributed by atoms with van der Waals surface area (Å²) < 4.78 is 5.90. The fourth-order valence-corrected chi connectivity index (χ4v) is 2.36. The molecule has 0 radical (unpaired) electrons. The van der Waals surface area contributed by atoms with Crippen molar-refractivity contribution in [2.24, 2.45) is 0 Å². The Balaban J connectivity index is 1.97. The van der Waals surface area contributed by atoms with E-state index in [2.05, 4.69) is 16.3 Å². The maximum absolute atomic E-state index is 10.5. The molecule has 1 fully saturated rings. The molecule has 0 saturated carbocycles. The van der Waals surface area contributed by atoms with E-state index >= 15 is 0 Å². The summed E-state index contributed by atoms with van der Waals surface area (Å²) in [7, 11) is 0.